The maximum absolute atomic E-state index is 11.9. The van der Waals surface area contributed by atoms with E-state index in [1.807, 2.05) is 0 Å². The molecule has 1 aromatic carbocycles. The third-order valence-electron chi connectivity index (χ3n) is 2.36. The molecule has 0 aliphatic heterocycles. The normalized spacial score (nSPS) is 10.0. The second-order valence-electron chi connectivity index (χ2n) is 3.71. The first-order chi connectivity index (χ1) is 9.49. The molecule has 0 saturated heterocycles. The van der Waals surface area contributed by atoms with Crippen molar-refractivity contribution in [2.75, 3.05) is 5.32 Å². The molecule has 8 nitrogen and oxygen atoms in total. The molecule has 0 radical (unpaired) electrons. The highest BCUT2D eigenvalue weighted by atomic mass is 16.4. The molecule has 1 amide bonds. The quantitative estimate of drug-likeness (QED) is 0.652. The van der Waals surface area contributed by atoms with E-state index in [-0.39, 0.29) is 17.1 Å². The number of aromatic hydroxyl groups is 2. The Morgan fingerprint density at radius 1 is 1.10 bits per heavy atom. The third kappa shape index (κ3) is 2.64. The molecular formula is C12H9N3O5. The van der Waals surface area contributed by atoms with Crippen LogP contribution in [0.25, 0.3) is 0 Å². The number of carbonyl (C=O) groups is 2. The van der Waals surface area contributed by atoms with Crippen LogP contribution in [0, 0.1) is 0 Å². The number of nitrogens with one attached hydrogen (secondary N) is 1. The average molecular weight is 275 g/mol. The van der Waals surface area contributed by atoms with E-state index in [0.717, 1.165) is 6.07 Å². The number of phenols is 2. The van der Waals surface area contributed by atoms with Gasteiger partial charge in [-0.15, -0.1) is 0 Å². The summed E-state index contributed by atoms with van der Waals surface area (Å²) in [4.78, 5) is 30.1. The second kappa shape index (κ2) is 5.22. The van der Waals surface area contributed by atoms with Gasteiger partial charge in [-0.25, -0.2) is 14.8 Å². The SMILES string of the molecule is O=C(Nc1nccnc1C(=O)O)c1ccc(O)cc1O. The summed E-state index contributed by atoms with van der Waals surface area (Å²) in [6.45, 7) is 0. The summed E-state index contributed by atoms with van der Waals surface area (Å²) in [5.41, 5.74) is -0.552. The van der Waals surface area contributed by atoms with Crippen molar-refractivity contribution < 1.29 is 24.9 Å². The fourth-order valence-electron chi connectivity index (χ4n) is 1.47. The summed E-state index contributed by atoms with van der Waals surface area (Å²) in [6, 6.07) is 3.39. The van der Waals surface area contributed by atoms with Crippen LogP contribution in [0.3, 0.4) is 0 Å². The highest BCUT2D eigenvalue weighted by Crippen LogP contribution is 2.23. The van der Waals surface area contributed by atoms with Gasteiger partial charge in [0.1, 0.15) is 11.5 Å². The van der Waals surface area contributed by atoms with Crippen LogP contribution in [0.1, 0.15) is 20.8 Å². The molecule has 0 atom stereocenters. The van der Waals surface area contributed by atoms with Gasteiger partial charge in [-0.3, -0.25) is 4.79 Å². The Hall–Kier alpha value is -3.16. The van der Waals surface area contributed by atoms with Gasteiger partial charge in [0, 0.05) is 18.5 Å². The predicted molar refractivity (Wildman–Crippen MR) is 66.7 cm³/mol. The van der Waals surface area contributed by atoms with E-state index in [0.29, 0.717) is 0 Å². The predicted octanol–water partition coefficient (Wildman–Crippen LogP) is 0.838. The first-order valence-corrected chi connectivity index (χ1v) is 5.36. The van der Waals surface area contributed by atoms with Crippen molar-refractivity contribution in [1.29, 1.82) is 0 Å². The minimum Gasteiger partial charge on any atom is -0.508 e. The number of anilines is 1. The number of hydrogen-bond acceptors (Lipinski definition) is 6. The van der Waals surface area contributed by atoms with Crippen LogP contribution in [-0.2, 0) is 0 Å². The Morgan fingerprint density at radius 2 is 1.80 bits per heavy atom. The lowest BCUT2D eigenvalue weighted by atomic mass is 10.2. The van der Waals surface area contributed by atoms with Crippen molar-refractivity contribution >= 4 is 17.7 Å². The Labute approximate surface area is 112 Å². The van der Waals surface area contributed by atoms with Gasteiger partial charge in [-0.05, 0) is 12.1 Å². The minimum atomic E-state index is -1.34. The van der Waals surface area contributed by atoms with Crippen molar-refractivity contribution in [2.45, 2.75) is 0 Å². The number of carboxylic acids is 1. The van der Waals surface area contributed by atoms with Crippen molar-refractivity contribution in [3.8, 4) is 11.5 Å². The average Bonchev–Trinajstić information content (AvgIpc) is 2.38. The van der Waals surface area contributed by atoms with Crippen LogP contribution in [0.4, 0.5) is 5.82 Å². The molecule has 4 N–H and O–H groups in total. The van der Waals surface area contributed by atoms with E-state index in [1.54, 1.807) is 0 Å². The lowest BCUT2D eigenvalue weighted by Gasteiger charge is -2.07. The second-order valence-corrected chi connectivity index (χ2v) is 3.71. The maximum Gasteiger partial charge on any atom is 0.358 e. The number of phenolic OH excluding ortho intramolecular Hbond substituents is 2. The van der Waals surface area contributed by atoms with E-state index >= 15 is 0 Å². The van der Waals surface area contributed by atoms with Gasteiger partial charge in [0.2, 0.25) is 0 Å². The van der Waals surface area contributed by atoms with E-state index in [4.69, 9.17) is 10.2 Å². The monoisotopic (exact) mass is 275 g/mol. The number of nitrogens with zero attached hydrogens (tertiary/aromatic N) is 2. The molecule has 0 aliphatic rings. The van der Waals surface area contributed by atoms with Gasteiger partial charge >= 0.3 is 5.97 Å². The fourth-order valence-corrected chi connectivity index (χ4v) is 1.47. The number of aromatic nitrogens is 2. The Morgan fingerprint density at radius 3 is 2.45 bits per heavy atom. The topological polar surface area (TPSA) is 133 Å². The van der Waals surface area contributed by atoms with Crippen LogP contribution < -0.4 is 5.32 Å². The Bertz CT molecular complexity index is 687. The maximum atomic E-state index is 11.9. The van der Waals surface area contributed by atoms with Crippen LogP contribution >= 0.6 is 0 Å². The third-order valence-corrected chi connectivity index (χ3v) is 2.36. The van der Waals surface area contributed by atoms with Crippen molar-refractivity contribution in [3.05, 3.63) is 41.9 Å². The van der Waals surface area contributed by atoms with Crippen molar-refractivity contribution in [3.63, 3.8) is 0 Å². The van der Waals surface area contributed by atoms with Gasteiger partial charge in [0.05, 0.1) is 5.56 Å². The molecule has 8 heteroatoms. The van der Waals surface area contributed by atoms with Gasteiger partial charge in [-0.1, -0.05) is 0 Å². The molecule has 0 aliphatic carbocycles. The standard InChI is InChI=1S/C12H9N3O5/c16-6-1-2-7(8(17)5-6)11(18)15-10-9(12(19)20)13-3-4-14-10/h1-5,16-17H,(H,19,20)(H,14,15,18). The van der Waals surface area contributed by atoms with Gasteiger partial charge in [0.25, 0.3) is 5.91 Å². The van der Waals surface area contributed by atoms with Crippen LogP contribution in [-0.4, -0.2) is 37.2 Å². The molecule has 0 spiro atoms. The zero-order valence-electron chi connectivity index (χ0n) is 9.94. The molecule has 20 heavy (non-hydrogen) atoms. The van der Waals surface area contributed by atoms with E-state index in [2.05, 4.69) is 15.3 Å². The number of carbonyl (C=O) groups excluding carboxylic acids is 1. The number of aromatic carboxylic acids is 1. The van der Waals surface area contributed by atoms with Crippen molar-refractivity contribution in [1.82, 2.24) is 9.97 Å². The smallest absolute Gasteiger partial charge is 0.358 e. The lowest BCUT2D eigenvalue weighted by molar-refractivity contribution is 0.0691. The highest BCUT2D eigenvalue weighted by molar-refractivity contribution is 6.07. The molecule has 0 bridgehead atoms. The van der Waals surface area contributed by atoms with E-state index in [9.17, 15) is 14.7 Å². The van der Waals surface area contributed by atoms with Gasteiger partial charge in [0.15, 0.2) is 11.5 Å². The van der Waals surface area contributed by atoms with Gasteiger partial charge in [-0.2, -0.15) is 0 Å². The van der Waals surface area contributed by atoms with Crippen LogP contribution in [0.15, 0.2) is 30.6 Å². The summed E-state index contributed by atoms with van der Waals surface area (Å²) in [5, 5.41) is 29.8. The van der Waals surface area contributed by atoms with Crippen molar-refractivity contribution in [2.24, 2.45) is 0 Å². The first-order valence-electron chi connectivity index (χ1n) is 5.36. The summed E-state index contributed by atoms with van der Waals surface area (Å²) < 4.78 is 0. The number of amides is 1. The first kappa shape index (κ1) is 13.3. The molecule has 102 valence electrons. The zero-order valence-corrected chi connectivity index (χ0v) is 9.94. The summed E-state index contributed by atoms with van der Waals surface area (Å²) >= 11 is 0. The molecule has 1 heterocycles. The molecule has 0 fully saturated rings. The molecule has 2 rings (SSSR count). The largest absolute Gasteiger partial charge is 0.508 e. The number of rotatable bonds is 3. The summed E-state index contributed by atoms with van der Waals surface area (Å²) in [5.74, 6) is -3.00. The highest BCUT2D eigenvalue weighted by Gasteiger charge is 2.18. The number of carboxylic acid groups (broad SMARTS) is 1. The van der Waals surface area contributed by atoms with E-state index in [1.165, 1.54) is 24.5 Å². The summed E-state index contributed by atoms with van der Waals surface area (Å²) in [7, 11) is 0. The molecule has 0 saturated carbocycles. The van der Waals surface area contributed by atoms with Crippen LogP contribution in [0.5, 0.6) is 11.5 Å². The number of hydrogen-bond donors (Lipinski definition) is 4. The molecule has 2 aromatic rings. The minimum absolute atomic E-state index is 0.134. The van der Waals surface area contributed by atoms with Crippen LogP contribution in [0.2, 0.25) is 0 Å². The summed E-state index contributed by atoms with van der Waals surface area (Å²) in [6.07, 6.45) is 2.40. The molecule has 0 unspecified atom stereocenters. The molecular weight excluding hydrogens is 266 g/mol. The van der Waals surface area contributed by atoms with E-state index < -0.39 is 23.3 Å². The Balaban J connectivity index is 2.30. The van der Waals surface area contributed by atoms with Gasteiger partial charge < -0.3 is 20.6 Å². The lowest BCUT2D eigenvalue weighted by Crippen LogP contribution is -2.17. The number of benzene rings is 1. The Kier molecular flexibility index (Phi) is 3.47. The fraction of sp³-hybridized carbons (Fsp3) is 0. The molecule has 1 aromatic heterocycles. The zero-order chi connectivity index (χ0) is 14.7.